The van der Waals surface area contributed by atoms with Gasteiger partial charge in [0.15, 0.2) is 11.7 Å². The summed E-state index contributed by atoms with van der Waals surface area (Å²) in [5.41, 5.74) is 6.21. The van der Waals surface area contributed by atoms with E-state index in [1.54, 1.807) is 31.9 Å². The van der Waals surface area contributed by atoms with Crippen LogP contribution in [0, 0.1) is 5.41 Å². The highest BCUT2D eigenvalue weighted by atomic mass is 16.2. The Bertz CT molecular complexity index is 1370. The monoisotopic (exact) mass is 569 g/mol. The van der Waals surface area contributed by atoms with Gasteiger partial charge in [-0.05, 0) is 24.8 Å². The molecule has 0 aliphatic rings. The lowest BCUT2D eigenvalue weighted by atomic mass is 10.3. The minimum atomic E-state index is -0.696. The largest absolute Gasteiger partial charge is 0.369 e. The first-order chi connectivity index (χ1) is 19.4. The smallest absolute Gasteiger partial charge is 0.291 e. The maximum absolute atomic E-state index is 12.6. The summed E-state index contributed by atoms with van der Waals surface area (Å²) in [5, 5.41) is 20.3. The van der Waals surface area contributed by atoms with Crippen LogP contribution in [0.4, 0.5) is 11.5 Å². The van der Waals surface area contributed by atoms with Gasteiger partial charge in [0.1, 0.15) is 11.4 Å². The van der Waals surface area contributed by atoms with Crippen LogP contribution in [0.15, 0.2) is 43.0 Å². The predicted octanol–water partition coefficient (Wildman–Crippen LogP) is -0.783. The van der Waals surface area contributed by atoms with Crippen molar-refractivity contribution in [3.05, 3.63) is 54.5 Å². The zero-order valence-corrected chi connectivity index (χ0v) is 23.3. The second kappa shape index (κ2) is 14.7. The summed E-state index contributed by atoms with van der Waals surface area (Å²) in [6, 6.07) is 1.51. The molecule has 0 aromatic carbocycles. The molecular formula is C25H35N11O5. The van der Waals surface area contributed by atoms with E-state index in [1.165, 1.54) is 41.1 Å². The first-order valence-corrected chi connectivity index (χ1v) is 12.4. The molecule has 0 bridgehead atoms. The number of hydrogen-bond acceptors (Lipinski definition) is 8. The van der Waals surface area contributed by atoms with Gasteiger partial charge in [-0.3, -0.25) is 29.4 Å². The van der Waals surface area contributed by atoms with Gasteiger partial charge in [-0.25, -0.2) is 4.98 Å². The van der Waals surface area contributed by atoms with E-state index in [1.807, 2.05) is 0 Å². The number of likely N-dealkylation sites (N-methyl/N-ethyl adjacent to an activating group) is 2. The minimum absolute atomic E-state index is 0.0448. The number of imidazole rings is 1. The molecule has 0 atom stereocenters. The molecule has 2 rings (SSSR count). The lowest BCUT2D eigenvalue weighted by Crippen LogP contribution is -2.32. The van der Waals surface area contributed by atoms with Crippen LogP contribution in [-0.4, -0.2) is 81.6 Å². The number of amides is 5. The lowest BCUT2D eigenvalue weighted by molar-refractivity contribution is -0.116. The highest BCUT2D eigenvalue weighted by molar-refractivity contribution is 6.40. The highest BCUT2D eigenvalue weighted by Gasteiger charge is 2.17. The van der Waals surface area contributed by atoms with Crippen LogP contribution < -0.4 is 32.3 Å². The van der Waals surface area contributed by atoms with Gasteiger partial charge in [0, 0.05) is 60.1 Å². The number of primary amides is 1. The molecule has 0 saturated heterocycles. The van der Waals surface area contributed by atoms with Gasteiger partial charge < -0.3 is 46.4 Å². The number of carbonyl (C=O) groups excluding carboxylic acids is 5. The molecule has 2 aromatic heterocycles. The van der Waals surface area contributed by atoms with E-state index in [4.69, 9.17) is 11.1 Å². The Morgan fingerprint density at radius 1 is 1.10 bits per heavy atom. The lowest BCUT2D eigenvalue weighted by Gasteiger charge is -2.14. The number of nitrogens with one attached hydrogen (secondary N) is 6. The van der Waals surface area contributed by atoms with Crippen LogP contribution in [0.2, 0.25) is 0 Å². The summed E-state index contributed by atoms with van der Waals surface area (Å²) in [6.45, 7) is 3.80. The number of carbonyl (C=O) groups is 5. The third-order valence-electron chi connectivity index (χ3n) is 5.65. The van der Waals surface area contributed by atoms with Crippen LogP contribution in [0.25, 0.3) is 0 Å². The molecule has 2 heterocycles. The molecule has 0 unspecified atom stereocenters. The Morgan fingerprint density at radius 2 is 1.80 bits per heavy atom. The third-order valence-corrected chi connectivity index (χ3v) is 5.65. The average molecular weight is 570 g/mol. The molecule has 16 nitrogen and oxygen atoms in total. The molecule has 0 spiro atoms. The number of hydrogen-bond donors (Lipinski definition) is 7. The van der Waals surface area contributed by atoms with Crippen molar-refractivity contribution in [1.29, 1.82) is 5.41 Å². The maximum Gasteiger partial charge on any atom is 0.291 e. The number of aryl methyl sites for hydroxylation is 2. The van der Waals surface area contributed by atoms with Crippen LogP contribution in [0.1, 0.15) is 33.9 Å². The summed E-state index contributed by atoms with van der Waals surface area (Å²) < 4.78 is 2.97. The van der Waals surface area contributed by atoms with Gasteiger partial charge in [-0.15, -0.1) is 0 Å². The van der Waals surface area contributed by atoms with Crippen LogP contribution in [0.5, 0.6) is 0 Å². The Hall–Kier alpha value is -5.41. The van der Waals surface area contributed by atoms with Gasteiger partial charge in [0.2, 0.25) is 11.7 Å². The Balaban J connectivity index is 1.82. The van der Waals surface area contributed by atoms with E-state index in [0.29, 0.717) is 12.1 Å². The van der Waals surface area contributed by atoms with Crippen LogP contribution >= 0.6 is 0 Å². The zero-order chi connectivity index (χ0) is 30.7. The molecule has 16 heteroatoms. The Kier molecular flexibility index (Phi) is 11.4. The van der Waals surface area contributed by atoms with Crippen LogP contribution in [0.3, 0.4) is 0 Å². The van der Waals surface area contributed by atoms with E-state index in [-0.39, 0.29) is 54.3 Å². The van der Waals surface area contributed by atoms with Gasteiger partial charge in [0.25, 0.3) is 23.6 Å². The SMILES string of the molecule is C=CN(C)/C(=C\CNC(=O)c1cc(NC(=O)CCCNC(=O)c2nc(NC(=O)C(=N)NC)cn2C)cn1C)C(N)=O. The van der Waals surface area contributed by atoms with Gasteiger partial charge in [-0.1, -0.05) is 6.58 Å². The van der Waals surface area contributed by atoms with E-state index < -0.39 is 23.6 Å². The minimum Gasteiger partial charge on any atom is -0.369 e. The van der Waals surface area contributed by atoms with Crippen molar-refractivity contribution in [2.75, 3.05) is 37.8 Å². The summed E-state index contributed by atoms with van der Waals surface area (Å²) in [4.78, 5) is 66.2. The second-order valence-corrected chi connectivity index (χ2v) is 8.73. The average Bonchev–Trinajstić information content (AvgIpc) is 3.48. The quantitative estimate of drug-likeness (QED) is 0.0700. The zero-order valence-electron chi connectivity index (χ0n) is 23.3. The number of nitrogens with zero attached hydrogens (tertiary/aromatic N) is 4. The number of nitrogens with two attached hydrogens (primary N) is 1. The summed E-state index contributed by atoms with van der Waals surface area (Å²) >= 11 is 0. The summed E-state index contributed by atoms with van der Waals surface area (Å²) in [7, 11) is 6.27. The van der Waals surface area contributed by atoms with Gasteiger partial charge in [-0.2, -0.15) is 0 Å². The molecule has 5 amide bonds. The van der Waals surface area contributed by atoms with Crippen molar-refractivity contribution in [2.45, 2.75) is 12.8 Å². The first-order valence-electron chi connectivity index (χ1n) is 12.4. The summed E-state index contributed by atoms with van der Waals surface area (Å²) in [6.07, 6.45) is 6.34. The van der Waals surface area contributed by atoms with E-state index in [9.17, 15) is 24.0 Å². The van der Waals surface area contributed by atoms with E-state index >= 15 is 0 Å². The van der Waals surface area contributed by atoms with Gasteiger partial charge in [0.05, 0.1) is 5.69 Å². The standard InChI is InChI=1S/C25H35N11O5/c1-6-34(3)16(21(27)38)9-11-30-23(39)17-12-15(13-35(17)4)31-19(37)8-7-10-29-25(41)22-32-18(14-36(22)5)33-24(40)20(26)28-2/h6,9,12-14H,1,7-8,10-11H2,2-5H3,(H2,26,28)(H2,27,38)(H,29,41)(H,30,39)(H,31,37)(H,33,40)/b16-9-. The molecule has 0 saturated carbocycles. The number of anilines is 2. The van der Waals surface area contributed by atoms with Crippen molar-refractivity contribution >= 4 is 46.9 Å². The molecule has 0 radical (unpaired) electrons. The molecule has 41 heavy (non-hydrogen) atoms. The number of rotatable bonds is 13. The number of aromatic nitrogens is 3. The molecular weight excluding hydrogens is 534 g/mol. The van der Waals surface area contributed by atoms with Crippen molar-refractivity contribution in [2.24, 2.45) is 19.8 Å². The Labute approximate surface area is 236 Å². The first kappa shape index (κ1) is 31.8. The molecule has 0 aliphatic carbocycles. The third kappa shape index (κ3) is 9.09. The van der Waals surface area contributed by atoms with Crippen molar-refractivity contribution in [3.63, 3.8) is 0 Å². The second-order valence-electron chi connectivity index (χ2n) is 8.73. The molecule has 220 valence electrons. The fourth-order valence-corrected chi connectivity index (χ4v) is 3.49. The normalized spacial score (nSPS) is 10.8. The molecule has 0 fully saturated rings. The Morgan fingerprint density at radius 3 is 2.44 bits per heavy atom. The van der Waals surface area contributed by atoms with E-state index in [0.717, 1.165) is 0 Å². The van der Waals surface area contributed by atoms with Crippen LogP contribution in [-0.2, 0) is 28.5 Å². The fraction of sp³-hybridized carbons (Fsp3) is 0.320. The van der Waals surface area contributed by atoms with Crippen molar-refractivity contribution < 1.29 is 24.0 Å². The fourth-order valence-electron chi connectivity index (χ4n) is 3.49. The molecule has 0 aliphatic heterocycles. The molecule has 2 aromatic rings. The maximum atomic E-state index is 12.6. The summed E-state index contributed by atoms with van der Waals surface area (Å²) in [5.74, 6) is -2.78. The van der Waals surface area contributed by atoms with Crippen molar-refractivity contribution in [3.8, 4) is 0 Å². The van der Waals surface area contributed by atoms with Crippen molar-refractivity contribution in [1.82, 2.24) is 35.0 Å². The number of amidine groups is 1. The highest BCUT2D eigenvalue weighted by Crippen LogP contribution is 2.14. The van der Waals surface area contributed by atoms with E-state index in [2.05, 4.69) is 38.1 Å². The van der Waals surface area contributed by atoms with Gasteiger partial charge >= 0.3 is 0 Å². The predicted molar refractivity (Wildman–Crippen MR) is 152 cm³/mol. The molecule has 8 N–H and O–H groups in total. The topological polar surface area (TPSA) is 221 Å².